The van der Waals surface area contributed by atoms with E-state index in [-0.39, 0.29) is 23.2 Å². The van der Waals surface area contributed by atoms with Crippen LogP contribution < -0.4 is 5.56 Å². The summed E-state index contributed by atoms with van der Waals surface area (Å²) in [5, 5.41) is 19.1. The lowest BCUT2D eigenvalue weighted by Crippen LogP contribution is -2.39. The van der Waals surface area contributed by atoms with Gasteiger partial charge in [-0.2, -0.15) is 0 Å². The molecule has 0 radical (unpaired) electrons. The minimum Gasteiger partial charge on any atom is -0.502 e. The van der Waals surface area contributed by atoms with Gasteiger partial charge in [-0.25, -0.2) is 4.79 Å². The number of fused-ring (bicyclic) bond motifs is 1. The van der Waals surface area contributed by atoms with Gasteiger partial charge in [-0.15, -0.1) is 0 Å². The maximum atomic E-state index is 12.6. The molecule has 7 nitrogen and oxygen atoms in total. The van der Waals surface area contributed by atoms with Crippen LogP contribution in [0.1, 0.15) is 32.0 Å². The first-order chi connectivity index (χ1) is 11.0. The van der Waals surface area contributed by atoms with Crippen LogP contribution in [0.15, 0.2) is 35.1 Å². The zero-order valence-corrected chi connectivity index (χ0v) is 12.1. The van der Waals surface area contributed by atoms with Crippen LogP contribution in [0.3, 0.4) is 0 Å². The maximum Gasteiger partial charge on any atom is 0.352 e. The quantitative estimate of drug-likeness (QED) is 0.782. The maximum absolute atomic E-state index is 12.6. The number of carboxylic acid groups (broad SMARTS) is 1. The van der Waals surface area contributed by atoms with Crippen molar-refractivity contribution in [2.24, 2.45) is 0 Å². The van der Waals surface area contributed by atoms with Crippen LogP contribution in [0, 0.1) is 0 Å². The average Bonchev–Trinajstić information content (AvgIpc) is 2.53. The normalized spacial score (nSPS) is 13.7. The highest BCUT2D eigenvalue weighted by molar-refractivity contribution is 6.02. The van der Waals surface area contributed by atoms with Crippen molar-refractivity contribution in [3.05, 3.63) is 63.1 Å². The summed E-state index contributed by atoms with van der Waals surface area (Å²) in [5.41, 5.74) is -0.448. The van der Waals surface area contributed by atoms with E-state index in [0.717, 1.165) is 5.56 Å². The molecule has 0 fully saturated rings. The van der Waals surface area contributed by atoms with Gasteiger partial charge in [0.15, 0.2) is 5.75 Å². The van der Waals surface area contributed by atoms with Gasteiger partial charge >= 0.3 is 5.97 Å². The molecule has 3 N–H and O–H groups in total. The fourth-order valence-corrected chi connectivity index (χ4v) is 2.75. The number of benzene rings is 1. The number of nitrogens with zero attached hydrogens (tertiary/aromatic N) is 1. The van der Waals surface area contributed by atoms with Crippen LogP contribution in [0.25, 0.3) is 0 Å². The van der Waals surface area contributed by atoms with Crippen molar-refractivity contribution < 1.29 is 19.8 Å². The molecule has 0 atom stereocenters. The highest BCUT2D eigenvalue weighted by Gasteiger charge is 2.32. The van der Waals surface area contributed by atoms with Gasteiger partial charge in [0, 0.05) is 18.7 Å². The van der Waals surface area contributed by atoms with E-state index in [0.29, 0.717) is 13.1 Å². The van der Waals surface area contributed by atoms with E-state index in [2.05, 4.69) is 4.98 Å². The van der Waals surface area contributed by atoms with Crippen molar-refractivity contribution in [3.63, 3.8) is 0 Å². The predicted octanol–water partition coefficient (Wildman–Crippen LogP) is 0.977. The zero-order chi connectivity index (χ0) is 16.6. The fraction of sp³-hybridized carbons (Fsp3) is 0.188. The molecule has 1 amide bonds. The van der Waals surface area contributed by atoms with Gasteiger partial charge < -0.3 is 20.1 Å². The summed E-state index contributed by atoms with van der Waals surface area (Å²) in [6.07, 6.45) is 0.250. The molecule has 0 saturated carbocycles. The molecule has 7 heteroatoms. The van der Waals surface area contributed by atoms with Crippen LogP contribution in [0.4, 0.5) is 0 Å². The Morgan fingerprint density at radius 2 is 1.91 bits per heavy atom. The summed E-state index contributed by atoms with van der Waals surface area (Å²) in [5.74, 6) is -2.60. The van der Waals surface area contributed by atoms with Gasteiger partial charge in [0.2, 0.25) is 0 Å². The summed E-state index contributed by atoms with van der Waals surface area (Å²) in [6, 6.07) is 9.29. The Hall–Kier alpha value is -3.09. The number of aromatic hydroxyl groups is 1. The van der Waals surface area contributed by atoms with Gasteiger partial charge in [0.25, 0.3) is 11.5 Å². The molecule has 3 rings (SSSR count). The lowest BCUT2D eigenvalue weighted by Gasteiger charge is -2.29. The second-order valence-corrected chi connectivity index (χ2v) is 5.30. The van der Waals surface area contributed by atoms with Crippen LogP contribution in [-0.4, -0.2) is 38.5 Å². The molecule has 1 aliphatic heterocycles. The molecule has 2 aromatic rings. The summed E-state index contributed by atoms with van der Waals surface area (Å²) in [6.45, 7) is 0.639. The van der Waals surface area contributed by atoms with Crippen LogP contribution >= 0.6 is 0 Å². The van der Waals surface area contributed by atoms with E-state index >= 15 is 0 Å². The number of pyridine rings is 1. The topological polar surface area (TPSA) is 111 Å². The summed E-state index contributed by atoms with van der Waals surface area (Å²) in [7, 11) is 0. The minimum absolute atomic E-state index is 0.170. The first-order valence-electron chi connectivity index (χ1n) is 7.03. The van der Waals surface area contributed by atoms with Crippen molar-refractivity contribution in [2.75, 3.05) is 6.54 Å². The van der Waals surface area contributed by atoms with Crippen LogP contribution in [0.2, 0.25) is 0 Å². The number of amides is 1. The fourth-order valence-electron chi connectivity index (χ4n) is 2.75. The van der Waals surface area contributed by atoms with Gasteiger partial charge in [-0.3, -0.25) is 9.59 Å². The SMILES string of the molecule is O=C(O)c1[nH]c(=O)c(O)c2c1CCN(Cc1ccccc1)C2=O. The Morgan fingerprint density at radius 1 is 1.22 bits per heavy atom. The number of aromatic carboxylic acids is 1. The third-order valence-corrected chi connectivity index (χ3v) is 3.86. The number of carbonyl (C=O) groups is 2. The highest BCUT2D eigenvalue weighted by Crippen LogP contribution is 2.27. The number of aromatic amines is 1. The molecule has 1 aromatic carbocycles. The Morgan fingerprint density at radius 3 is 2.57 bits per heavy atom. The standard InChI is InChI=1S/C16H14N2O5/c19-13-11-10(12(16(22)23)17-14(13)20)6-7-18(15(11)21)8-9-4-2-1-3-5-9/h1-5,19H,6-8H2,(H,17,20)(H,22,23). The van der Waals surface area contributed by atoms with E-state index in [1.165, 1.54) is 4.90 Å². The molecule has 0 spiro atoms. The summed E-state index contributed by atoms with van der Waals surface area (Å²) >= 11 is 0. The third kappa shape index (κ3) is 2.57. The van der Waals surface area contributed by atoms with E-state index in [9.17, 15) is 19.5 Å². The first kappa shape index (κ1) is 14.8. The third-order valence-electron chi connectivity index (χ3n) is 3.86. The Balaban J connectivity index is 2.03. The summed E-state index contributed by atoms with van der Waals surface area (Å²) < 4.78 is 0. The van der Waals surface area contributed by atoms with Crippen molar-refractivity contribution in [2.45, 2.75) is 13.0 Å². The van der Waals surface area contributed by atoms with Crippen LogP contribution in [0.5, 0.6) is 5.75 Å². The molecule has 2 heterocycles. The highest BCUT2D eigenvalue weighted by atomic mass is 16.4. The predicted molar refractivity (Wildman–Crippen MR) is 80.6 cm³/mol. The molecule has 1 aromatic heterocycles. The molecule has 118 valence electrons. The van der Waals surface area contributed by atoms with Gasteiger partial charge in [-0.05, 0) is 12.0 Å². The average molecular weight is 314 g/mol. The number of aromatic nitrogens is 1. The lowest BCUT2D eigenvalue weighted by molar-refractivity contribution is 0.0684. The van der Waals surface area contributed by atoms with Gasteiger partial charge in [0.1, 0.15) is 5.69 Å². The van der Waals surface area contributed by atoms with E-state index in [1.807, 2.05) is 30.3 Å². The monoisotopic (exact) mass is 314 g/mol. The first-order valence-corrected chi connectivity index (χ1v) is 7.03. The number of carbonyl (C=O) groups excluding carboxylic acids is 1. The van der Waals surface area contributed by atoms with Crippen molar-refractivity contribution in [3.8, 4) is 5.75 Å². The van der Waals surface area contributed by atoms with Crippen molar-refractivity contribution in [1.82, 2.24) is 9.88 Å². The molecule has 1 aliphatic rings. The van der Waals surface area contributed by atoms with E-state index in [4.69, 9.17) is 5.11 Å². The lowest BCUT2D eigenvalue weighted by atomic mass is 9.96. The largest absolute Gasteiger partial charge is 0.502 e. The van der Waals surface area contributed by atoms with Gasteiger partial charge in [0.05, 0.1) is 5.56 Å². The van der Waals surface area contributed by atoms with Crippen LogP contribution in [-0.2, 0) is 13.0 Å². The molecule has 0 aliphatic carbocycles. The van der Waals surface area contributed by atoms with Crippen molar-refractivity contribution in [1.29, 1.82) is 0 Å². The van der Waals surface area contributed by atoms with Crippen molar-refractivity contribution >= 4 is 11.9 Å². The second-order valence-electron chi connectivity index (χ2n) is 5.30. The molecule has 23 heavy (non-hydrogen) atoms. The molecule has 0 unspecified atom stereocenters. The Kier molecular flexibility index (Phi) is 3.61. The molecule has 0 saturated heterocycles. The number of hydrogen-bond acceptors (Lipinski definition) is 4. The number of hydrogen-bond donors (Lipinski definition) is 3. The molecular weight excluding hydrogens is 300 g/mol. The minimum atomic E-state index is -1.33. The number of carboxylic acids is 1. The van der Waals surface area contributed by atoms with E-state index in [1.54, 1.807) is 0 Å². The number of nitrogens with one attached hydrogen (secondary N) is 1. The Labute approximate surface area is 130 Å². The second kappa shape index (κ2) is 5.60. The van der Waals surface area contributed by atoms with E-state index < -0.39 is 23.2 Å². The molecular formula is C16H14N2O5. The van der Waals surface area contributed by atoms with Gasteiger partial charge in [-0.1, -0.05) is 30.3 Å². The Bertz CT molecular complexity index is 842. The number of H-pyrrole nitrogens is 1. The smallest absolute Gasteiger partial charge is 0.352 e. The molecule has 0 bridgehead atoms. The number of rotatable bonds is 3. The summed E-state index contributed by atoms with van der Waals surface area (Å²) in [4.78, 5) is 39.1. The zero-order valence-electron chi connectivity index (χ0n) is 12.1.